The first-order chi connectivity index (χ1) is 11.1. The SMILES string of the molecule is CN(c1ccncn1)C1CCN(Cc2cccc([N+](=O)[O-])c2)C1. The number of nitro groups is 1. The van der Waals surface area contributed by atoms with Crippen molar-refractivity contribution in [2.75, 3.05) is 25.0 Å². The van der Waals surface area contributed by atoms with Gasteiger partial charge in [0.15, 0.2) is 0 Å². The van der Waals surface area contributed by atoms with Crippen LogP contribution in [0.2, 0.25) is 0 Å². The molecule has 23 heavy (non-hydrogen) atoms. The maximum atomic E-state index is 10.9. The Bertz CT molecular complexity index is 679. The van der Waals surface area contributed by atoms with Crippen LogP contribution in [0, 0.1) is 10.1 Å². The van der Waals surface area contributed by atoms with E-state index in [4.69, 9.17) is 0 Å². The molecule has 1 atom stereocenters. The van der Waals surface area contributed by atoms with Crippen LogP contribution < -0.4 is 4.90 Å². The average molecular weight is 313 g/mol. The number of non-ortho nitro benzene ring substituents is 1. The van der Waals surface area contributed by atoms with Crippen molar-refractivity contribution in [3.05, 3.63) is 58.5 Å². The summed E-state index contributed by atoms with van der Waals surface area (Å²) < 4.78 is 0. The topological polar surface area (TPSA) is 75.4 Å². The molecular formula is C16H19N5O2. The van der Waals surface area contributed by atoms with Crippen LogP contribution in [0.5, 0.6) is 0 Å². The summed E-state index contributed by atoms with van der Waals surface area (Å²) in [6.07, 6.45) is 4.35. The van der Waals surface area contributed by atoms with Gasteiger partial charge in [0.1, 0.15) is 12.1 Å². The minimum Gasteiger partial charge on any atom is -0.355 e. The van der Waals surface area contributed by atoms with E-state index >= 15 is 0 Å². The van der Waals surface area contributed by atoms with Crippen LogP contribution >= 0.6 is 0 Å². The van der Waals surface area contributed by atoms with Gasteiger partial charge in [-0.3, -0.25) is 15.0 Å². The van der Waals surface area contributed by atoms with Gasteiger partial charge >= 0.3 is 0 Å². The Balaban J connectivity index is 1.62. The van der Waals surface area contributed by atoms with Crippen molar-refractivity contribution in [2.24, 2.45) is 0 Å². The molecule has 3 rings (SSSR count). The van der Waals surface area contributed by atoms with Gasteiger partial charge in [0.25, 0.3) is 5.69 Å². The fraction of sp³-hybridized carbons (Fsp3) is 0.375. The molecule has 1 fully saturated rings. The zero-order valence-electron chi connectivity index (χ0n) is 13.0. The number of benzene rings is 1. The number of nitrogens with zero attached hydrogens (tertiary/aromatic N) is 5. The van der Waals surface area contributed by atoms with E-state index in [1.54, 1.807) is 24.7 Å². The van der Waals surface area contributed by atoms with Gasteiger partial charge in [-0.05, 0) is 18.1 Å². The van der Waals surface area contributed by atoms with E-state index in [1.165, 1.54) is 6.07 Å². The third-order valence-corrected chi connectivity index (χ3v) is 4.25. The Morgan fingerprint density at radius 1 is 1.43 bits per heavy atom. The second-order valence-corrected chi connectivity index (χ2v) is 5.78. The maximum Gasteiger partial charge on any atom is 0.269 e. The third kappa shape index (κ3) is 3.62. The minimum atomic E-state index is -0.348. The van der Waals surface area contributed by atoms with Crippen molar-refractivity contribution in [1.82, 2.24) is 14.9 Å². The normalized spacial score (nSPS) is 18.0. The van der Waals surface area contributed by atoms with Crippen LogP contribution in [0.15, 0.2) is 42.9 Å². The van der Waals surface area contributed by atoms with E-state index in [9.17, 15) is 10.1 Å². The highest BCUT2D eigenvalue weighted by Gasteiger charge is 2.26. The molecule has 0 aliphatic carbocycles. The molecule has 1 saturated heterocycles. The molecule has 2 aromatic rings. The fourth-order valence-corrected chi connectivity index (χ4v) is 2.98. The second kappa shape index (κ2) is 6.70. The molecule has 0 bridgehead atoms. The van der Waals surface area contributed by atoms with Crippen molar-refractivity contribution in [1.29, 1.82) is 0 Å². The summed E-state index contributed by atoms with van der Waals surface area (Å²) >= 11 is 0. The van der Waals surface area contributed by atoms with Crippen LogP contribution in [0.4, 0.5) is 11.5 Å². The molecule has 1 aliphatic heterocycles. The van der Waals surface area contributed by atoms with E-state index in [0.29, 0.717) is 6.04 Å². The highest BCUT2D eigenvalue weighted by atomic mass is 16.6. The first-order valence-electron chi connectivity index (χ1n) is 7.58. The molecule has 120 valence electrons. The summed E-state index contributed by atoms with van der Waals surface area (Å²) in [4.78, 5) is 23.2. The second-order valence-electron chi connectivity index (χ2n) is 5.78. The van der Waals surface area contributed by atoms with Gasteiger partial charge < -0.3 is 4.90 Å². The van der Waals surface area contributed by atoms with Crippen LogP contribution in [0.1, 0.15) is 12.0 Å². The lowest BCUT2D eigenvalue weighted by Gasteiger charge is -2.25. The molecule has 7 nitrogen and oxygen atoms in total. The zero-order chi connectivity index (χ0) is 16.2. The number of aromatic nitrogens is 2. The molecular weight excluding hydrogens is 294 g/mol. The lowest BCUT2D eigenvalue weighted by Crippen LogP contribution is -2.34. The highest BCUT2D eigenvalue weighted by molar-refractivity contribution is 5.37. The Morgan fingerprint density at radius 2 is 2.30 bits per heavy atom. The lowest BCUT2D eigenvalue weighted by atomic mass is 10.2. The van der Waals surface area contributed by atoms with E-state index in [-0.39, 0.29) is 10.6 Å². The summed E-state index contributed by atoms with van der Waals surface area (Å²) in [7, 11) is 2.05. The van der Waals surface area contributed by atoms with E-state index in [1.807, 2.05) is 19.2 Å². The number of hydrogen-bond donors (Lipinski definition) is 0. The summed E-state index contributed by atoms with van der Waals surface area (Å²) in [5.41, 5.74) is 1.13. The Kier molecular flexibility index (Phi) is 4.47. The van der Waals surface area contributed by atoms with Crippen molar-refractivity contribution < 1.29 is 4.92 Å². The van der Waals surface area contributed by atoms with Gasteiger partial charge in [-0.2, -0.15) is 0 Å². The van der Waals surface area contributed by atoms with Gasteiger partial charge in [0.05, 0.1) is 4.92 Å². The van der Waals surface area contributed by atoms with Crippen molar-refractivity contribution in [3.63, 3.8) is 0 Å². The summed E-state index contributed by atoms with van der Waals surface area (Å²) in [6, 6.07) is 9.16. The number of rotatable bonds is 5. The minimum absolute atomic E-state index is 0.149. The number of anilines is 1. The molecule has 0 radical (unpaired) electrons. The van der Waals surface area contributed by atoms with E-state index in [2.05, 4.69) is 19.8 Å². The van der Waals surface area contributed by atoms with Crippen molar-refractivity contribution >= 4 is 11.5 Å². The van der Waals surface area contributed by atoms with Crippen LogP contribution in [0.25, 0.3) is 0 Å². The number of likely N-dealkylation sites (N-methyl/N-ethyl adjacent to an activating group) is 1. The maximum absolute atomic E-state index is 10.9. The number of likely N-dealkylation sites (tertiary alicyclic amines) is 1. The molecule has 2 heterocycles. The van der Waals surface area contributed by atoms with E-state index in [0.717, 1.165) is 37.4 Å². The largest absolute Gasteiger partial charge is 0.355 e. The van der Waals surface area contributed by atoms with Crippen molar-refractivity contribution in [3.8, 4) is 0 Å². The predicted molar refractivity (Wildman–Crippen MR) is 87.2 cm³/mol. The van der Waals surface area contributed by atoms with E-state index < -0.39 is 0 Å². The highest BCUT2D eigenvalue weighted by Crippen LogP contribution is 2.22. The number of hydrogen-bond acceptors (Lipinski definition) is 6. The predicted octanol–water partition coefficient (Wildman–Crippen LogP) is 2.10. The molecule has 1 aromatic heterocycles. The number of nitro benzene ring substituents is 1. The fourth-order valence-electron chi connectivity index (χ4n) is 2.98. The average Bonchev–Trinajstić information content (AvgIpc) is 3.03. The van der Waals surface area contributed by atoms with Gasteiger partial charge in [0.2, 0.25) is 0 Å². The Hall–Kier alpha value is -2.54. The Labute approximate surface area is 134 Å². The molecule has 0 N–H and O–H groups in total. The van der Waals surface area contributed by atoms with Crippen LogP contribution in [-0.2, 0) is 6.54 Å². The molecule has 1 aliphatic rings. The monoisotopic (exact) mass is 313 g/mol. The smallest absolute Gasteiger partial charge is 0.269 e. The first kappa shape index (κ1) is 15.4. The van der Waals surface area contributed by atoms with Crippen molar-refractivity contribution in [2.45, 2.75) is 19.0 Å². The molecule has 1 aromatic carbocycles. The molecule has 0 amide bonds. The first-order valence-corrected chi connectivity index (χ1v) is 7.58. The molecule has 1 unspecified atom stereocenters. The summed E-state index contributed by atoms with van der Waals surface area (Å²) in [6.45, 7) is 2.63. The lowest BCUT2D eigenvalue weighted by molar-refractivity contribution is -0.384. The van der Waals surface area contributed by atoms with Gasteiger partial charge in [0, 0.05) is 51.1 Å². The third-order valence-electron chi connectivity index (χ3n) is 4.25. The van der Waals surface area contributed by atoms with Gasteiger partial charge in [-0.25, -0.2) is 9.97 Å². The standard InChI is InChI=1S/C16H19N5O2/c1-19(16-5-7-17-12-18-16)15-6-8-20(11-15)10-13-3-2-4-14(9-13)21(22)23/h2-5,7,9,12,15H,6,8,10-11H2,1H3. The quantitative estimate of drug-likeness (QED) is 0.621. The van der Waals surface area contributed by atoms with Gasteiger partial charge in [-0.1, -0.05) is 12.1 Å². The van der Waals surface area contributed by atoms with Crippen LogP contribution in [-0.4, -0.2) is 46.0 Å². The molecule has 0 spiro atoms. The van der Waals surface area contributed by atoms with Crippen LogP contribution in [0.3, 0.4) is 0 Å². The Morgan fingerprint density at radius 3 is 3.04 bits per heavy atom. The van der Waals surface area contributed by atoms with Gasteiger partial charge in [-0.15, -0.1) is 0 Å². The molecule has 7 heteroatoms. The molecule has 0 saturated carbocycles. The summed E-state index contributed by atoms with van der Waals surface area (Å²) in [5.74, 6) is 0.919. The zero-order valence-corrected chi connectivity index (χ0v) is 13.0. The summed E-state index contributed by atoms with van der Waals surface area (Å²) in [5, 5.41) is 10.9.